The molecule has 0 unspecified atom stereocenters. The lowest BCUT2D eigenvalue weighted by Gasteiger charge is -2.05. The van der Waals surface area contributed by atoms with Crippen LogP contribution in [0, 0.1) is 12.7 Å². The van der Waals surface area contributed by atoms with Gasteiger partial charge in [-0.05, 0) is 25.1 Å². The molecule has 1 aromatic heterocycles. The second-order valence-electron chi connectivity index (χ2n) is 3.42. The molecular weight excluding hydrogens is 279 g/mol. The molecule has 0 aliphatic heterocycles. The molecule has 0 aliphatic rings. The van der Waals surface area contributed by atoms with Crippen molar-refractivity contribution in [3.63, 3.8) is 0 Å². The van der Waals surface area contributed by atoms with Gasteiger partial charge in [0.25, 0.3) is 10.0 Å². The fourth-order valence-corrected chi connectivity index (χ4v) is 3.02. The molecule has 1 aromatic carbocycles. The van der Waals surface area contributed by atoms with Crippen molar-refractivity contribution in [3.05, 3.63) is 29.0 Å². The monoisotopic (exact) mass is 288 g/mol. The highest BCUT2D eigenvalue weighted by atomic mass is 32.2. The minimum Gasteiger partial charge on any atom is -0.396 e. The van der Waals surface area contributed by atoms with Crippen LogP contribution >= 0.6 is 11.3 Å². The summed E-state index contributed by atoms with van der Waals surface area (Å²) in [5, 5.41) is 8.05. The molecule has 2 aromatic rings. The van der Waals surface area contributed by atoms with Crippen molar-refractivity contribution in [2.75, 3.05) is 10.5 Å². The van der Waals surface area contributed by atoms with Crippen LogP contribution in [0.25, 0.3) is 0 Å². The maximum absolute atomic E-state index is 13.2. The number of nitrogens with one attached hydrogen (secondary N) is 1. The Balaban J connectivity index is 2.33. The Bertz CT molecular complexity index is 684. The van der Waals surface area contributed by atoms with Crippen molar-refractivity contribution in [1.82, 2.24) is 10.2 Å². The number of hydrogen-bond donors (Lipinski definition) is 2. The Morgan fingerprint density at radius 2 is 2.11 bits per heavy atom. The number of benzene rings is 1. The number of nitrogen functional groups attached to an aromatic ring is 1. The molecule has 0 saturated heterocycles. The van der Waals surface area contributed by atoms with Gasteiger partial charge in [-0.3, -0.25) is 4.72 Å². The van der Waals surface area contributed by atoms with Crippen molar-refractivity contribution in [2.45, 2.75) is 11.8 Å². The third-order valence-electron chi connectivity index (χ3n) is 2.03. The van der Waals surface area contributed by atoms with E-state index in [0.29, 0.717) is 5.01 Å². The summed E-state index contributed by atoms with van der Waals surface area (Å²) in [6.45, 7) is 1.69. The standard InChI is InChI=1S/C9H9FN4O2S2/c1-5-12-13-9(17-5)14-18(15,16)6-2-3-8(11)7(10)4-6/h2-4H,11H2,1H3,(H,13,14). The Hall–Kier alpha value is -1.74. The number of aryl methyl sites for hydroxylation is 1. The number of nitrogens with zero attached hydrogens (tertiary/aromatic N) is 2. The van der Waals surface area contributed by atoms with Crippen LogP contribution < -0.4 is 10.5 Å². The summed E-state index contributed by atoms with van der Waals surface area (Å²) >= 11 is 1.09. The predicted molar refractivity (Wildman–Crippen MR) is 66.3 cm³/mol. The average molecular weight is 288 g/mol. The van der Waals surface area contributed by atoms with Gasteiger partial charge < -0.3 is 5.73 Å². The molecule has 18 heavy (non-hydrogen) atoms. The van der Waals surface area contributed by atoms with Crippen molar-refractivity contribution in [3.8, 4) is 0 Å². The van der Waals surface area contributed by atoms with Crippen molar-refractivity contribution < 1.29 is 12.8 Å². The Morgan fingerprint density at radius 1 is 1.39 bits per heavy atom. The van der Waals surface area contributed by atoms with E-state index < -0.39 is 15.8 Å². The smallest absolute Gasteiger partial charge is 0.263 e. The first-order valence-corrected chi connectivity index (χ1v) is 7.06. The van der Waals surface area contributed by atoms with Crippen molar-refractivity contribution in [2.24, 2.45) is 0 Å². The zero-order chi connectivity index (χ0) is 13.3. The summed E-state index contributed by atoms with van der Waals surface area (Å²) in [7, 11) is -3.88. The number of rotatable bonds is 3. The third kappa shape index (κ3) is 2.57. The second-order valence-corrected chi connectivity index (χ2v) is 6.28. The molecule has 0 radical (unpaired) electrons. The molecule has 0 bridgehead atoms. The number of sulfonamides is 1. The Morgan fingerprint density at radius 3 is 2.67 bits per heavy atom. The number of halogens is 1. The summed E-state index contributed by atoms with van der Waals surface area (Å²) < 4.78 is 39.2. The minimum absolute atomic E-state index is 0.110. The highest BCUT2D eigenvalue weighted by Crippen LogP contribution is 2.21. The number of nitrogens with two attached hydrogens (primary N) is 1. The zero-order valence-electron chi connectivity index (χ0n) is 9.21. The molecule has 1 heterocycles. The first-order valence-electron chi connectivity index (χ1n) is 4.76. The van der Waals surface area contributed by atoms with Gasteiger partial charge in [0.2, 0.25) is 5.13 Å². The van der Waals surface area contributed by atoms with E-state index in [1.165, 1.54) is 12.1 Å². The molecule has 0 amide bonds. The molecule has 0 atom stereocenters. The van der Waals surface area contributed by atoms with Gasteiger partial charge in [-0.1, -0.05) is 11.3 Å². The van der Waals surface area contributed by atoms with Crippen LogP contribution in [-0.2, 0) is 10.0 Å². The molecule has 9 heteroatoms. The lowest BCUT2D eigenvalue weighted by molar-refractivity contribution is 0.596. The molecule has 0 aliphatic carbocycles. The van der Waals surface area contributed by atoms with Crippen LogP contribution in [0.4, 0.5) is 15.2 Å². The molecule has 0 spiro atoms. The van der Waals surface area contributed by atoms with Gasteiger partial charge in [0.1, 0.15) is 10.8 Å². The number of hydrogen-bond acceptors (Lipinski definition) is 6. The molecule has 3 N–H and O–H groups in total. The van der Waals surface area contributed by atoms with Crippen molar-refractivity contribution >= 4 is 32.2 Å². The predicted octanol–water partition coefficient (Wildman–Crippen LogP) is 1.37. The maximum atomic E-state index is 13.2. The van der Waals surface area contributed by atoms with E-state index in [0.717, 1.165) is 17.4 Å². The van der Waals surface area contributed by atoms with Crippen molar-refractivity contribution in [1.29, 1.82) is 0 Å². The van der Waals surface area contributed by atoms with Crippen LogP contribution in [0.3, 0.4) is 0 Å². The topological polar surface area (TPSA) is 98.0 Å². The van der Waals surface area contributed by atoms with Gasteiger partial charge in [0.15, 0.2) is 0 Å². The molecule has 2 rings (SSSR count). The van der Waals surface area contributed by atoms with E-state index in [1.807, 2.05) is 0 Å². The number of anilines is 2. The van der Waals surface area contributed by atoms with Crippen LogP contribution in [0.1, 0.15) is 5.01 Å². The fourth-order valence-electron chi connectivity index (χ4n) is 1.19. The SMILES string of the molecule is Cc1nnc(NS(=O)(=O)c2ccc(N)c(F)c2)s1. The zero-order valence-corrected chi connectivity index (χ0v) is 10.8. The minimum atomic E-state index is -3.88. The Labute approximate surface area is 107 Å². The highest BCUT2D eigenvalue weighted by Gasteiger charge is 2.17. The first-order chi connectivity index (χ1) is 8.38. The third-order valence-corrected chi connectivity index (χ3v) is 4.25. The van der Waals surface area contributed by atoms with E-state index in [-0.39, 0.29) is 15.7 Å². The van der Waals surface area contributed by atoms with Gasteiger partial charge >= 0.3 is 0 Å². The molecule has 96 valence electrons. The van der Waals surface area contributed by atoms with E-state index in [9.17, 15) is 12.8 Å². The quantitative estimate of drug-likeness (QED) is 0.831. The number of aromatic nitrogens is 2. The van der Waals surface area contributed by atoms with Crippen LogP contribution in [0.2, 0.25) is 0 Å². The normalized spacial score (nSPS) is 11.4. The summed E-state index contributed by atoms with van der Waals surface area (Å²) in [5.74, 6) is -0.786. The summed E-state index contributed by atoms with van der Waals surface area (Å²) in [5.41, 5.74) is 5.17. The second kappa shape index (κ2) is 4.50. The van der Waals surface area contributed by atoms with Gasteiger partial charge in [-0.2, -0.15) is 0 Å². The first kappa shape index (κ1) is 12.7. The fraction of sp³-hybridized carbons (Fsp3) is 0.111. The molecular formula is C9H9FN4O2S2. The van der Waals surface area contributed by atoms with Gasteiger partial charge in [0.05, 0.1) is 10.6 Å². The van der Waals surface area contributed by atoms with Crippen LogP contribution in [0.15, 0.2) is 23.1 Å². The van der Waals surface area contributed by atoms with Crippen LogP contribution in [0.5, 0.6) is 0 Å². The van der Waals surface area contributed by atoms with E-state index in [1.54, 1.807) is 6.92 Å². The van der Waals surface area contributed by atoms with E-state index >= 15 is 0 Å². The summed E-state index contributed by atoms with van der Waals surface area (Å²) in [6, 6.07) is 3.26. The van der Waals surface area contributed by atoms with E-state index in [4.69, 9.17) is 5.73 Å². The maximum Gasteiger partial charge on any atom is 0.263 e. The lowest BCUT2D eigenvalue weighted by atomic mass is 10.3. The lowest BCUT2D eigenvalue weighted by Crippen LogP contribution is -2.13. The van der Waals surface area contributed by atoms with Crippen LogP contribution in [-0.4, -0.2) is 18.6 Å². The Kier molecular flexibility index (Phi) is 3.18. The molecule has 0 saturated carbocycles. The highest BCUT2D eigenvalue weighted by molar-refractivity contribution is 7.93. The summed E-state index contributed by atoms with van der Waals surface area (Å²) in [4.78, 5) is -0.220. The summed E-state index contributed by atoms with van der Waals surface area (Å²) in [6.07, 6.45) is 0. The molecule has 0 fully saturated rings. The largest absolute Gasteiger partial charge is 0.396 e. The van der Waals surface area contributed by atoms with Gasteiger partial charge in [-0.25, -0.2) is 12.8 Å². The molecule has 6 nitrogen and oxygen atoms in total. The van der Waals surface area contributed by atoms with E-state index in [2.05, 4.69) is 14.9 Å². The average Bonchev–Trinajstić information content (AvgIpc) is 2.67. The van der Waals surface area contributed by atoms with Gasteiger partial charge in [0, 0.05) is 0 Å². The van der Waals surface area contributed by atoms with Gasteiger partial charge in [-0.15, -0.1) is 10.2 Å².